The molecule has 1 saturated heterocycles. The van der Waals surface area contributed by atoms with Crippen LogP contribution >= 0.6 is 0 Å². The molecule has 1 aliphatic rings. The van der Waals surface area contributed by atoms with Gasteiger partial charge in [0.1, 0.15) is 18.1 Å². The number of phenolic OH excluding ortho intramolecular Hbond substituents is 1. The van der Waals surface area contributed by atoms with Crippen LogP contribution in [0.4, 0.5) is 5.69 Å². The number of carboxylic acid groups (broad SMARTS) is 1. The highest BCUT2D eigenvalue weighted by Gasteiger charge is 2.18. The monoisotopic (exact) mass is 667 g/mol. The highest BCUT2D eigenvalue weighted by Crippen LogP contribution is 2.28. The lowest BCUT2D eigenvalue weighted by Crippen LogP contribution is -2.45. The number of hydrogen-bond acceptors (Lipinski definition) is 10. The normalized spacial score (nSPS) is 13.8. The molecule has 1 amide bonds. The summed E-state index contributed by atoms with van der Waals surface area (Å²) in [5, 5.41) is 22.6. The van der Waals surface area contributed by atoms with Crippen LogP contribution in [0.15, 0.2) is 66.7 Å². The van der Waals surface area contributed by atoms with Gasteiger partial charge in [0.25, 0.3) is 26.1 Å². The van der Waals surface area contributed by atoms with E-state index >= 15 is 0 Å². The fourth-order valence-electron chi connectivity index (χ4n) is 3.98. The summed E-state index contributed by atoms with van der Waals surface area (Å²) < 4.78 is 57.6. The number of rotatable bonds is 8. The highest BCUT2D eigenvalue weighted by atomic mass is 32.2. The molecule has 3 aromatic rings. The van der Waals surface area contributed by atoms with Crippen LogP contribution < -0.4 is 10.1 Å². The second-order valence-electron chi connectivity index (χ2n) is 10.0. The van der Waals surface area contributed by atoms with Crippen molar-refractivity contribution >= 4 is 37.8 Å². The van der Waals surface area contributed by atoms with Gasteiger partial charge >= 0.3 is 5.97 Å². The third-order valence-corrected chi connectivity index (χ3v) is 6.09. The molecule has 246 valence electrons. The molecule has 0 unspecified atom stereocenters. The average Bonchev–Trinajstić information content (AvgIpc) is 2.93. The minimum absolute atomic E-state index is 0.00329. The van der Waals surface area contributed by atoms with Crippen LogP contribution in [0.1, 0.15) is 20.7 Å². The van der Waals surface area contributed by atoms with Crippen molar-refractivity contribution < 1.29 is 50.5 Å². The number of hydrogen-bond donors (Lipinski definition) is 5. The topological polar surface area (TPSA) is 211 Å². The average molecular weight is 668 g/mol. The molecule has 0 aliphatic carbocycles. The van der Waals surface area contributed by atoms with E-state index in [1.54, 1.807) is 18.2 Å². The van der Waals surface area contributed by atoms with E-state index in [2.05, 4.69) is 22.2 Å². The number of nitrogens with one attached hydrogen (secondary N) is 1. The molecule has 14 nitrogen and oxygen atoms in total. The molecule has 3 aromatic carbocycles. The second-order valence-corrected chi connectivity index (χ2v) is 13.0. The molecular weight excluding hydrogens is 630 g/mol. The van der Waals surface area contributed by atoms with Gasteiger partial charge in [0.15, 0.2) is 0 Å². The minimum atomic E-state index is -3.67. The number of anilines is 1. The van der Waals surface area contributed by atoms with Crippen LogP contribution in [0, 0.1) is 0 Å². The Morgan fingerprint density at radius 1 is 0.822 bits per heavy atom. The minimum Gasteiger partial charge on any atom is -0.507 e. The summed E-state index contributed by atoms with van der Waals surface area (Å²) in [4.78, 5) is 29.4. The van der Waals surface area contributed by atoms with Crippen molar-refractivity contribution in [2.45, 2.75) is 0 Å². The largest absolute Gasteiger partial charge is 0.507 e. The molecular formula is C29H37N3O11S2. The lowest BCUT2D eigenvalue weighted by molar-refractivity contribution is 0.0698. The molecule has 0 saturated carbocycles. The number of nitrogens with zero attached hydrogens (tertiary/aromatic N) is 2. The Morgan fingerprint density at radius 2 is 1.40 bits per heavy atom. The fourth-order valence-corrected chi connectivity index (χ4v) is 3.98. The van der Waals surface area contributed by atoms with Crippen molar-refractivity contribution in [2.24, 2.45) is 0 Å². The van der Waals surface area contributed by atoms with E-state index in [9.17, 15) is 36.6 Å². The molecule has 45 heavy (non-hydrogen) atoms. The number of aromatic hydroxyl groups is 1. The van der Waals surface area contributed by atoms with E-state index in [1.165, 1.54) is 18.2 Å². The summed E-state index contributed by atoms with van der Waals surface area (Å²) in [6, 6.07) is 18.7. The Balaban J connectivity index is 0.000000613. The Bertz CT molecular complexity index is 1610. The van der Waals surface area contributed by atoms with E-state index in [1.807, 2.05) is 30.3 Å². The first kappa shape index (κ1) is 37.1. The van der Waals surface area contributed by atoms with Gasteiger partial charge in [-0.25, -0.2) is 4.79 Å². The molecule has 4 rings (SSSR count). The number of carbonyl (C=O) groups excluding carboxylic acids is 1. The predicted octanol–water partition coefficient (Wildman–Crippen LogP) is 2.64. The van der Waals surface area contributed by atoms with Gasteiger partial charge in [0.05, 0.1) is 29.3 Å². The number of ether oxygens (including phenoxy) is 1. The summed E-state index contributed by atoms with van der Waals surface area (Å²) in [6.07, 6.45) is 1.43. The lowest BCUT2D eigenvalue weighted by Gasteiger charge is -2.32. The van der Waals surface area contributed by atoms with Gasteiger partial charge < -0.3 is 25.2 Å². The molecule has 0 radical (unpaired) electrons. The zero-order valence-electron chi connectivity index (χ0n) is 25.0. The van der Waals surface area contributed by atoms with Gasteiger partial charge in [0.2, 0.25) is 0 Å². The molecule has 0 atom stereocenters. The van der Waals surface area contributed by atoms with Crippen LogP contribution in [0.3, 0.4) is 0 Å². The van der Waals surface area contributed by atoms with Gasteiger partial charge in [-0.2, -0.15) is 16.8 Å². The van der Waals surface area contributed by atoms with E-state index in [0.29, 0.717) is 24.9 Å². The maximum atomic E-state index is 13.0. The van der Waals surface area contributed by atoms with Crippen molar-refractivity contribution in [1.29, 1.82) is 0 Å². The summed E-state index contributed by atoms with van der Waals surface area (Å²) in [5.74, 6) is -1.55. The molecule has 1 heterocycles. The number of piperazine rings is 1. The van der Waals surface area contributed by atoms with Crippen molar-refractivity contribution in [2.75, 3.05) is 64.2 Å². The third-order valence-electron chi connectivity index (χ3n) is 6.09. The van der Waals surface area contributed by atoms with E-state index < -0.39 is 32.1 Å². The molecule has 5 N–H and O–H groups in total. The number of carbonyl (C=O) groups is 2. The zero-order valence-corrected chi connectivity index (χ0v) is 26.6. The maximum Gasteiger partial charge on any atom is 0.337 e. The number of aromatic carboxylic acids is 1. The number of phenols is 1. The lowest BCUT2D eigenvalue weighted by atomic mass is 10.0. The molecule has 0 aromatic heterocycles. The number of carboxylic acids is 1. The second kappa shape index (κ2) is 16.9. The first-order chi connectivity index (χ1) is 20.9. The summed E-state index contributed by atoms with van der Waals surface area (Å²) >= 11 is 0. The van der Waals surface area contributed by atoms with Crippen LogP contribution in [0.25, 0.3) is 11.1 Å². The maximum absolute atomic E-state index is 13.0. The zero-order chi connectivity index (χ0) is 33.8. The Kier molecular flexibility index (Phi) is 13.9. The van der Waals surface area contributed by atoms with Crippen LogP contribution in [-0.4, -0.2) is 117 Å². The van der Waals surface area contributed by atoms with Crippen LogP contribution in [0.5, 0.6) is 11.5 Å². The fraction of sp³-hybridized carbons (Fsp3) is 0.310. The Morgan fingerprint density at radius 3 is 1.96 bits per heavy atom. The third kappa shape index (κ3) is 15.0. The van der Waals surface area contributed by atoms with Gasteiger partial charge in [0, 0.05) is 32.7 Å². The SMILES string of the molecule is CN1CCN(CCOc2ccc(O)c(C(=O)Nc3cc(-c4ccccc4)ccc3C(=O)O)c2)CC1.CS(=O)(=O)O.CS(=O)(=O)O. The Labute approximate surface area is 262 Å². The summed E-state index contributed by atoms with van der Waals surface area (Å²) in [5.41, 5.74) is 1.75. The quantitative estimate of drug-likeness (QED) is 0.219. The molecule has 16 heteroatoms. The molecule has 1 fully saturated rings. The van der Waals surface area contributed by atoms with Crippen LogP contribution in [-0.2, 0) is 20.2 Å². The standard InChI is InChI=1S/C27H29N3O5.2CH4O3S/c1-29-11-13-30(14-12-29)15-16-35-21-8-10-25(31)23(18-21)26(32)28-24-17-20(7-9-22(24)27(33)34)19-5-3-2-4-6-19;2*1-5(2,3)4/h2-10,17-18,31H,11-16H2,1H3,(H,28,32)(H,33,34);2*1H3,(H,2,3,4). The van der Waals surface area contributed by atoms with Crippen LogP contribution in [0.2, 0.25) is 0 Å². The smallest absolute Gasteiger partial charge is 0.337 e. The summed E-state index contributed by atoms with van der Waals surface area (Å²) in [6.45, 7) is 5.23. The van der Waals surface area contributed by atoms with Crippen molar-refractivity contribution in [1.82, 2.24) is 9.80 Å². The van der Waals surface area contributed by atoms with E-state index in [-0.39, 0.29) is 22.6 Å². The van der Waals surface area contributed by atoms with Gasteiger partial charge in [-0.05, 0) is 48.5 Å². The molecule has 0 bridgehead atoms. The highest BCUT2D eigenvalue weighted by molar-refractivity contribution is 7.85. The predicted molar refractivity (Wildman–Crippen MR) is 169 cm³/mol. The first-order valence-corrected chi connectivity index (χ1v) is 17.1. The van der Waals surface area contributed by atoms with Gasteiger partial charge in [-0.1, -0.05) is 36.4 Å². The number of likely N-dealkylation sites (N-methyl/N-ethyl adjacent to an activating group) is 1. The van der Waals surface area contributed by atoms with Crippen molar-refractivity contribution in [3.63, 3.8) is 0 Å². The molecule has 1 aliphatic heterocycles. The van der Waals surface area contributed by atoms with E-state index in [4.69, 9.17) is 13.8 Å². The number of amides is 1. The molecule has 0 spiro atoms. The van der Waals surface area contributed by atoms with Crippen molar-refractivity contribution in [3.05, 3.63) is 77.9 Å². The number of benzene rings is 3. The summed E-state index contributed by atoms with van der Waals surface area (Å²) in [7, 11) is -5.23. The van der Waals surface area contributed by atoms with Crippen molar-refractivity contribution in [3.8, 4) is 22.6 Å². The Hall–Kier alpha value is -4.06. The first-order valence-electron chi connectivity index (χ1n) is 13.4. The van der Waals surface area contributed by atoms with E-state index in [0.717, 1.165) is 43.9 Å². The van der Waals surface area contributed by atoms with Gasteiger partial charge in [-0.15, -0.1) is 0 Å². The van der Waals surface area contributed by atoms with Gasteiger partial charge in [-0.3, -0.25) is 18.8 Å².